The predicted molar refractivity (Wildman–Crippen MR) is 78.8 cm³/mol. The van der Waals surface area contributed by atoms with Crippen molar-refractivity contribution in [1.29, 1.82) is 0 Å². The summed E-state index contributed by atoms with van der Waals surface area (Å²) in [4.78, 5) is 4.42. The molecule has 2 aromatic heterocycles. The van der Waals surface area contributed by atoms with Gasteiger partial charge in [-0.15, -0.1) is 0 Å². The Labute approximate surface area is 126 Å². The lowest BCUT2D eigenvalue weighted by atomic mass is 9.99. The molecular formula is C15H14ClN3O2. The minimum absolute atomic E-state index is 0.356. The predicted octanol–water partition coefficient (Wildman–Crippen LogP) is 3.86. The number of benzene rings is 1. The zero-order valence-corrected chi connectivity index (χ0v) is 12.1. The van der Waals surface area contributed by atoms with Gasteiger partial charge < -0.3 is 14.7 Å². The van der Waals surface area contributed by atoms with Gasteiger partial charge in [0.1, 0.15) is 5.58 Å². The number of halogens is 1. The topological polar surface area (TPSA) is 78.1 Å². The van der Waals surface area contributed by atoms with Crippen molar-refractivity contribution in [2.75, 3.05) is 0 Å². The average Bonchev–Trinajstić information content (AvgIpc) is 3.15. The van der Waals surface area contributed by atoms with Crippen LogP contribution in [0.2, 0.25) is 5.02 Å². The van der Waals surface area contributed by atoms with Crippen molar-refractivity contribution in [2.45, 2.75) is 31.2 Å². The smallest absolute Gasteiger partial charge is 0.293 e. The number of aromatic nitrogens is 2. The van der Waals surface area contributed by atoms with Crippen molar-refractivity contribution in [3.63, 3.8) is 0 Å². The van der Waals surface area contributed by atoms with E-state index in [2.05, 4.69) is 10.1 Å². The SMILES string of the molecule is NC1(c2noc(-c3cc4cc(Cl)ccc4o3)n2)CCCC1. The molecule has 0 atom stereocenters. The van der Waals surface area contributed by atoms with Crippen molar-refractivity contribution >= 4 is 22.6 Å². The van der Waals surface area contributed by atoms with Crippen LogP contribution in [0.15, 0.2) is 33.2 Å². The lowest BCUT2D eigenvalue weighted by Crippen LogP contribution is -2.34. The Balaban J connectivity index is 1.73. The van der Waals surface area contributed by atoms with Crippen LogP contribution in [-0.4, -0.2) is 10.1 Å². The second-order valence-electron chi connectivity index (χ2n) is 5.58. The van der Waals surface area contributed by atoms with Gasteiger partial charge in [-0.05, 0) is 37.1 Å². The minimum atomic E-state index is -0.461. The molecule has 1 fully saturated rings. The Morgan fingerprint density at radius 3 is 2.81 bits per heavy atom. The molecule has 5 nitrogen and oxygen atoms in total. The van der Waals surface area contributed by atoms with Gasteiger partial charge in [0.25, 0.3) is 5.89 Å². The minimum Gasteiger partial charge on any atom is -0.451 e. The van der Waals surface area contributed by atoms with E-state index in [9.17, 15) is 0 Å². The molecule has 21 heavy (non-hydrogen) atoms. The fourth-order valence-electron chi connectivity index (χ4n) is 2.87. The molecule has 108 valence electrons. The molecule has 3 aromatic rings. The summed E-state index contributed by atoms with van der Waals surface area (Å²) in [6, 6.07) is 7.28. The van der Waals surface area contributed by atoms with Gasteiger partial charge in [-0.25, -0.2) is 0 Å². The fraction of sp³-hybridized carbons (Fsp3) is 0.333. The van der Waals surface area contributed by atoms with Crippen LogP contribution >= 0.6 is 11.6 Å². The van der Waals surface area contributed by atoms with Gasteiger partial charge >= 0.3 is 0 Å². The number of furan rings is 1. The summed E-state index contributed by atoms with van der Waals surface area (Å²) in [6.45, 7) is 0. The zero-order valence-electron chi connectivity index (χ0n) is 11.3. The van der Waals surface area contributed by atoms with E-state index < -0.39 is 5.54 Å². The Morgan fingerprint density at radius 2 is 2.00 bits per heavy atom. The first-order valence-corrected chi connectivity index (χ1v) is 7.34. The normalized spacial score (nSPS) is 17.6. The number of nitrogens with zero attached hydrogens (tertiary/aromatic N) is 2. The van der Waals surface area contributed by atoms with E-state index in [1.165, 1.54) is 0 Å². The van der Waals surface area contributed by atoms with Gasteiger partial charge in [0.15, 0.2) is 11.6 Å². The molecule has 1 aliphatic carbocycles. The molecule has 0 bridgehead atoms. The van der Waals surface area contributed by atoms with Crippen LogP contribution in [0.3, 0.4) is 0 Å². The molecule has 2 N–H and O–H groups in total. The summed E-state index contributed by atoms with van der Waals surface area (Å²) in [5.41, 5.74) is 6.61. The van der Waals surface area contributed by atoms with Crippen molar-refractivity contribution < 1.29 is 8.94 Å². The second kappa shape index (κ2) is 4.58. The van der Waals surface area contributed by atoms with Crippen LogP contribution in [0.25, 0.3) is 22.6 Å². The van der Waals surface area contributed by atoms with Crippen LogP contribution in [0.5, 0.6) is 0 Å². The van der Waals surface area contributed by atoms with Crippen molar-refractivity contribution in [1.82, 2.24) is 10.1 Å². The molecule has 0 saturated heterocycles. The Morgan fingerprint density at radius 1 is 1.19 bits per heavy atom. The summed E-state index contributed by atoms with van der Waals surface area (Å²) in [5, 5.41) is 5.60. The molecular weight excluding hydrogens is 290 g/mol. The van der Waals surface area contributed by atoms with Crippen LogP contribution in [-0.2, 0) is 5.54 Å². The molecule has 2 heterocycles. The molecule has 1 aliphatic rings. The number of nitrogens with two attached hydrogens (primary N) is 1. The number of fused-ring (bicyclic) bond motifs is 1. The van der Waals surface area contributed by atoms with Crippen molar-refractivity contribution in [3.8, 4) is 11.7 Å². The summed E-state index contributed by atoms with van der Waals surface area (Å²) in [6.07, 6.45) is 3.98. The van der Waals surface area contributed by atoms with Gasteiger partial charge in [0.2, 0.25) is 0 Å². The van der Waals surface area contributed by atoms with Gasteiger partial charge in [0, 0.05) is 10.4 Å². The lowest BCUT2D eigenvalue weighted by molar-refractivity contribution is 0.369. The summed E-state index contributed by atoms with van der Waals surface area (Å²) in [7, 11) is 0. The highest BCUT2D eigenvalue weighted by atomic mass is 35.5. The molecule has 0 amide bonds. The van der Waals surface area contributed by atoms with Gasteiger partial charge in [-0.1, -0.05) is 29.6 Å². The number of hydrogen-bond acceptors (Lipinski definition) is 5. The van der Waals surface area contributed by atoms with E-state index in [4.69, 9.17) is 26.3 Å². The lowest BCUT2D eigenvalue weighted by Gasteiger charge is -2.17. The maximum Gasteiger partial charge on any atom is 0.293 e. The third-order valence-corrected chi connectivity index (χ3v) is 4.29. The molecule has 6 heteroatoms. The zero-order chi connectivity index (χ0) is 14.4. The molecule has 4 rings (SSSR count). The molecule has 0 unspecified atom stereocenters. The second-order valence-corrected chi connectivity index (χ2v) is 6.02. The summed E-state index contributed by atoms with van der Waals surface area (Å²) < 4.78 is 11.0. The van der Waals surface area contributed by atoms with Crippen LogP contribution in [0.1, 0.15) is 31.5 Å². The first-order chi connectivity index (χ1) is 10.1. The van der Waals surface area contributed by atoms with Crippen LogP contribution in [0.4, 0.5) is 0 Å². The quantitative estimate of drug-likeness (QED) is 0.777. The maximum absolute atomic E-state index is 6.33. The standard InChI is InChI=1S/C15H14ClN3O2/c16-10-3-4-11-9(7-10)8-12(20-11)13-18-14(19-21-13)15(17)5-1-2-6-15/h3-4,7-8H,1-2,5-6,17H2. The Bertz CT molecular complexity index is 802. The van der Waals surface area contributed by atoms with E-state index in [-0.39, 0.29) is 0 Å². The largest absolute Gasteiger partial charge is 0.451 e. The maximum atomic E-state index is 6.33. The van der Waals surface area contributed by atoms with E-state index in [1.54, 1.807) is 6.07 Å². The highest BCUT2D eigenvalue weighted by Gasteiger charge is 2.36. The van der Waals surface area contributed by atoms with E-state index >= 15 is 0 Å². The monoisotopic (exact) mass is 303 g/mol. The van der Waals surface area contributed by atoms with E-state index in [0.717, 1.165) is 36.7 Å². The van der Waals surface area contributed by atoms with Gasteiger partial charge in [0.05, 0.1) is 5.54 Å². The third kappa shape index (κ3) is 2.13. The van der Waals surface area contributed by atoms with Crippen LogP contribution in [0, 0.1) is 0 Å². The first-order valence-electron chi connectivity index (χ1n) is 6.97. The van der Waals surface area contributed by atoms with Crippen molar-refractivity contribution in [3.05, 3.63) is 35.1 Å². The average molecular weight is 304 g/mol. The fourth-order valence-corrected chi connectivity index (χ4v) is 3.06. The first kappa shape index (κ1) is 12.9. The third-order valence-electron chi connectivity index (χ3n) is 4.06. The van der Waals surface area contributed by atoms with Crippen LogP contribution < -0.4 is 5.73 Å². The van der Waals surface area contributed by atoms with Gasteiger partial charge in [-0.2, -0.15) is 4.98 Å². The highest BCUT2D eigenvalue weighted by molar-refractivity contribution is 6.31. The molecule has 0 spiro atoms. The van der Waals surface area contributed by atoms with Gasteiger partial charge in [-0.3, -0.25) is 0 Å². The Hall–Kier alpha value is -1.85. The summed E-state index contributed by atoms with van der Waals surface area (Å²) in [5.74, 6) is 1.45. The molecule has 0 aliphatic heterocycles. The summed E-state index contributed by atoms with van der Waals surface area (Å²) >= 11 is 5.97. The number of hydrogen-bond donors (Lipinski definition) is 1. The highest BCUT2D eigenvalue weighted by Crippen LogP contribution is 2.36. The molecule has 0 radical (unpaired) electrons. The van der Waals surface area contributed by atoms with Crippen molar-refractivity contribution in [2.24, 2.45) is 5.73 Å². The molecule has 1 saturated carbocycles. The molecule has 1 aromatic carbocycles. The number of rotatable bonds is 2. The van der Waals surface area contributed by atoms with E-state index in [0.29, 0.717) is 22.5 Å². The van der Waals surface area contributed by atoms with E-state index in [1.807, 2.05) is 18.2 Å². The Kier molecular flexibility index (Phi) is 2.80.